The smallest absolute Gasteiger partial charge is 0.0575 e. The van der Waals surface area contributed by atoms with Gasteiger partial charge in [0.05, 0.1) is 6.10 Å². The maximum absolute atomic E-state index is 5.86. The molecular formula is C13H24O. The van der Waals surface area contributed by atoms with E-state index in [4.69, 9.17) is 4.74 Å². The molecular weight excluding hydrogens is 172 g/mol. The van der Waals surface area contributed by atoms with E-state index in [2.05, 4.69) is 20.1 Å². The summed E-state index contributed by atoms with van der Waals surface area (Å²) in [6.45, 7) is 9.41. The van der Waals surface area contributed by atoms with Crippen LogP contribution in [0.5, 0.6) is 0 Å². The minimum Gasteiger partial charge on any atom is -0.378 e. The van der Waals surface area contributed by atoms with Gasteiger partial charge in [-0.15, -0.1) is 13.2 Å². The second kappa shape index (κ2) is 6.23. The van der Waals surface area contributed by atoms with E-state index >= 15 is 0 Å². The zero-order valence-corrected chi connectivity index (χ0v) is 9.50. The lowest BCUT2D eigenvalue weighted by Gasteiger charge is -2.26. The van der Waals surface area contributed by atoms with Crippen molar-refractivity contribution in [1.82, 2.24) is 0 Å². The first-order valence-corrected chi connectivity index (χ1v) is 5.96. The van der Waals surface area contributed by atoms with Crippen LogP contribution in [0.3, 0.4) is 0 Å². The zero-order valence-electron chi connectivity index (χ0n) is 9.50. The molecule has 0 N–H and O–H groups in total. The molecule has 0 aromatic heterocycles. The molecule has 0 aliphatic heterocycles. The fraction of sp³-hybridized carbons (Fsp3) is 0.846. The van der Waals surface area contributed by atoms with Crippen molar-refractivity contribution in [3.05, 3.63) is 13.2 Å². The molecule has 2 aliphatic carbocycles. The number of ether oxygens (including phenoxy) is 1. The van der Waals surface area contributed by atoms with Crippen LogP contribution < -0.4 is 0 Å². The summed E-state index contributed by atoms with van der Waals surface area (Å²) in [4.78, 5) is 0. The quantitative estimate of drug-likeness (QED) is 0.624. The molecule has 2 saturated carbocycles. The third-order valence-electron chi connectivity index (χ3n) is 3.23. The van der Waals surface area contributed by atoms with Crippen LogP contribution >= 0.6 is 0 Å². The predicted octanol–water partition coefficient (Wildman–Crippen LogP) is 3.79. The summed E-state index contributed by atoms with van der Waals surface area (Å²) < 4.78 is 5.86. The Kier molecular flexibility index (Phi) is 5.24. The molecule has 2 aliphatic rings. The standard InChI is InChI=1S/C11H20O.C2H4/c1-9-2-6-11(7-3-9)12-8-10-4-5-10;1-2/h9-11H,2-8H2,1H3;1-2H2. The summed E-state index contributed by atoms with van der Waals surface area (Å²) >= 11 is 0. The minimum absolute atomic E-state index is 0.613. The number of rotatable bonds is 3. The summed E-state index contributed by atoms with van der Waals surface area (Å²) in [5, 5.41) is 0. The van der Waals surface area contributed by atoms with Crippen LogP contribution in [0, 0.1) is 11.8 Å². The van der Waals surface area contributed by atoms with Crippen molar-refractivity contribution in [3.63, 3.8) is 0 Å². The highest BCUT2D eigenvalue weighted by atomic mass is 16.5. The monoisotopic (exact) mass is 196 g/mol. The average molecular weight is 196 g/mol. The molecule has 0 atom stereocenters. The van der Waals surface area contributed by atoms with Crippen LogP contribution in [0.4, 0.5) is 0 Å². The maximum atomic E-state index is 5.86. The van der Waals surface area contributed by atoms with E-state index in [9.17, 15) is 0 Å². The van der Waals surface area contributed by atoms with Crippen LogP contribution in [0.25, 0.3) is 0 Å². The molecule has 1 nitrogen and oxygen atoms in total. The molecule has 82 valence electrons. The van der Waals surface area contributed by atoms with Gasteiger partial charge in [-0.05, 0) is 50.4 Å². The van der Waals surface area contributed by atoms with Gasteiger partial charge in [0.25, 0.3) is 0 Å². The zero-order chi connectivity index (χ0) is 10.4. The highest BCUT2D eigenvalue weighted by molar-refractivity contribution is 4.75. The van der Waals surface area contributed by atoms with Crippen molar-refractivity contribution in [3.8, 4) is 0 Å². The summed E-state index contributed by atoms with van der Waals surface area (Å²) in [5.74, 6) is 1.88. The lowest BCUT2D eigenvalue weighted by atomic mass is 9.89. The van der Waals surface area contributed by atoms with Gasteiger partial charge in [-0.25, -0.2) is 0 Å². The van der Waals surface area contributed by atoms with E-state index < -0.39 is 0 Å². The molecule has 14 heavy (non-hydrogen) atoms. The molecule has 0 aromatic carbocycles. The first kappa shape index (κ1) is 11.8. The largest absolute Gasteiger partial charge is 0.378 e. The fourth-order valence-corrected chi connectivity index (χ4v) is 1.95. The Balaban J connectivity index is 0.000000461. The minimum atomic E-state index is 0.613. The van der Waals surface area contributed by atoms with E-state index in [1.54, 1.807) is 0 Å². The Bertz CT molecular complexity index is 143. The van der Waals surface area contributed by atoms with Gasteiger partial charge >= 0.3 is 0 Å². The van der Waals surface area contributed by atoms with Crippen LogP contribution in [-0.2, 0) is 4.74 Å². The van der Waals surface area contributed by atoms with E-state index in [1.165, 1.54) is 38.5 Å². The summed E-state index contributed by atoms with van der Waals surface area (Å²) in [5.41, 5.74) is 0. The predicted molar refractivity (Wildman–Crippen MR) is 61.4 cm³/mol. The number of hydrogen-bond acceptors (Lipinski definition) is 1. The molecule has 0 saturated heterocycles. The lowest BCUT2D eigenvalue weighted by Crippen LogP contribution is -2.21. The van der Waals surface area contributed by atoms with Crippen LogP contribution in [0.2, 0.25) is 0 Å². The second-order valence-corrected chi connectivity index (χ2v) is 4.66. The Morgan fingerprint density at radius 1 is 1.00 bits per heavy atom. The number of hydrogen-bond donors (Lipinski definition) is 0. The van der Waals surface area contributed by atoms with Gasteiger partial charge in [-0.3, -0.25) is 0 Å². The fourth-order valence-electron chi connectivity index (χ4n) is 1.95. The molecule has 1 heteroatoms. The van der Waals surface area contributed by atoms with Crippen LogP contribution in [0.1, 0.15) is 45.4 Å². The SMILES string of the molecule is C=C.CC1CCC(OCC2CC2)CC1. The maximum Gasteiger partial charge on any atom is 0.0575 e. The Morgan fingerprint density at radius 3 is 2.07 bits per heavy atom. The molecule has 0 spiro atoms. The van der Waals surface area contributed by atoms with Gasteiger partial charge in [0.15, 0.2) is 0 Å². The van der Waals surface area contributed by atoms with Gasteiger partial charge in [0.1, 0.15) is 0 Å². The molecule has 0 bridgehead atoms. The van der Waals surface area contributed by atoms with E-state index in [1.807, 2.05) is 0 Å². The van der Waals surface area contributed by atoms with Crippen molar-refractivity contribution in [2.45, 2.75) is 51.6 Å². The molecule has 0 amide bonds. The van der Waals surface area contributed by atoms with E-state index in [-0.39, 0.29) is 0 Å². The van der Waals surface area contributed by atoms with Gasteiger partial charge in [-0.1, -0.05) is 6.92 Å². The van der Waals surface area contributed by atoms with Crippen molar-refractivity contribution in [2.24, 2.45) is 11.8 Å². The highest BCUT2D eigenvalue weighted by Gasteiger charge is 2.24. The summed E-state index contributed by atoms with van der Waals surface area (Å²) in [7, 11) is 0. The second-order valence-electron chi connectivity index (χ2n) is 4.66. The highest BCUT2D eigenvalue weighted by Crippen LogP contribution is 2.31. The molecule has 2 fully saturated rings. The Morgan fingerprint density at radius 2 is 1.57 bits per heavy atom. The molecule has 2 rings (SSSR count). The molecule has 0 aromatic rings. The molecule has 0 heterocycles. The Hall–Kier alpha value is -0.300. The van der Waals surface area contributed by atoms with Gasteiger partial charge in [0.2, 0.25) is 0 Å². The van der Waals surface area contributed by atoms with Gasteiger partial charge in [-0.2, -0.15) is 0 Å². The van der Waals surface area contributed by atoms with Crippen molar-refractivity contribution >= 4 is 0 Å². The summed E-state index contributed by atoms with van der Waals surface area (Å²) in [6, 6.07) is 0. The lowest BCUT2D eigenvalue weighted by molar-refractivity contribution is 0.0140. The average Bonchev–Trinajstić information content (AvgIpc) is 3.04. The van der Waals surface area contributed by atoms with Crippen LogP contribution in [-0.4, -0.2) is 12.7 Å². The van der Waals surface area contributed by atoms with Crippen molar-refractivity contribution < 1.29 is 4.74 Å². The Labute approximate surface area is 88.5 Å². The normalized spacial score (nSPS) is 31.8. The van der Waals surface area contributed by atoms with E-state index in [0.717, 1.165) is 18.4 Å². The first-order valence-electron chi connectivity index (χ1n) is 5.96. The third kappa shape index (κ3) is 4.28. The van der Waals surface area contributed by atoms with E-state index in [0.29, 0.717) is 6.10 Å². The van der Waals surface area contributed by atoms with Gasteiger partial charge < -0.3 is 4.74 Å². The van der Waals surface area contributed by atoms with Gasteiger partial charge in [0, 0.05) is 6.61 Å². The van der Waals surface area contributed by atoms with Crippen LogP contribution in [0.15, 0.2) is 13.2 Å². The topological polar surface area (TPSA) is 9.23 Å². The van der Waals surface area contributed by atoms with Crippen molar-refractivity contribution in [2.75, 3.05) is 6.61 Å². The first-order chi connectivity index (χ1) is 6.84. The molecule has 0 unspecified atom stereocenters. The van der Waals surface area contributed by atoms with Crippen molar-refractivity contribution in [1.29, 1.82) is 0 Å². The molecule has 0 radical (unpaired) electrons. The summed E-state index contributed by atoms with van der Waals surface area (Å²) in [6.07, 6.45) is 8.85. The third-order valence-corrected chi connectivity index (χ3v) is 3.23.